The molecule has 6 atom stereocenters. The summed E-state index contributed by atoms with van der Waals surface area (Å²) in [4.78, 5) is 27.4. The van der Waals surface area contributed by atoms with E-state index >= 15 is 0 Å². The smallest absolute Gasteiger partial charge is 0.277 e. The average molecular weight is 488 g/mol. The van der Waals surface area contributed by atoms with E-state index in [9.17, 15) is 14.7 Å². The minimum Gasteiger partial charge on any atom is -0.467 e. The highest BCUT2D eigenvalue weighted by molar-refractivity contribution is 6.69. The van der Waals surface area contributed by atoms with E-state index in [-0.39, 0.29) is 6.10 Å². The lowest BCUT2D eigenvalue weighted by Gasteiger charge is -2.42. The zero-order valence-electron chi connectivity index (χ0n) is 20.5. The molecule has 1 amide bonds. The van der Waals surface area contributed by atoms with Gasteiger partial charge in [0.1, 0.15) is 24.1 Å². The molecule has 3 heterocycles. The fourth-order valence-electron chi connectivity index (χ4n) is 4.68. The van der Waals surface area contributed by atoms with Gasteiger partial charge in [-0.15, -0.1) is 0 Å². The van der Waals surface area contributed by atoms with Crippen molar-refractivity contribution in [1.82, 2.24) is 5.32 Å². The molecule has 9 heteroatoms. The van der Waals surface area contributed by atoms with Crippen molar-refractivity contribution in [2.24, 2.45) is 0 Å². The van der Waals surface area contributed by atoms with Gasteiger partial charge in [0.15, 0.2) is 14.4 Å². The minimum absolute atomic E-state index is 0.212. The number of hydrogen-bond acceptors (Lipinski definition) is 7. The van der Waals surface area contributed by atoms with Crippen LogP contribution in [0.25, 0.3) is 0 Å². The van der Waals surface area contributed by atoms with Crippen LogP contribution >= 0.6 is 0 Å². The predicted octanol–water partition coefficient (Wildman–Crippen LogP) is 2.76. The number of amides is 1. The summed E-state index contributed by atoms with van der Waals surface area (Å²) in [5.41, 5.74) is -2.93. The van der Waals surface area contributed by atoms with Crippen LogP contribution in [0.3, 0.4) is 0 Å². The summed E-state index contributed by atoms with van der Waals surface area (Å²) in [6.07, 6.45) is 1.56. The maximum Gasteiger partial charge on any atom is 0.277 e. The summed E-state index contributed by atoms with van der Waals surface area (Å²) in [7, 11) is -1.01. The molecule has 3 aliphatic heterocycles. The minimum atomic E-state index is -2.39. The first kappa shape index (κ1) is 24.8. The van der Waals surface area contributed by atoms with Gasteiger partial charge in [0.05, 0.1) is 0 Å². The fraction of sp³-hybridized carbons (Fsp3) is 0.520. The number of ether oxygens (including phenoxy) is 3. The van der Waals surface area contributed by atoms with Crippen molar-refractivity contribution in [3.8, 4) is 0 Å². The molecule has 2 N–H and O–H groups in total. The highest BCUT2D eigenvalue weighted by Gasteiger charge is 2.75. The van der Waals surface area contributed by atoms with Crippen molar-refractivity contribution < 1.29 is 33.3 Å². The second kappa shape index (κ2) is 8.73. The summed E-state index contributed by atoms with van der Waals surface area (Å²) in [6.45, 7) is 9.47. The largest absolute Gasteiger partial charge is 0.467 e. The summed E-state index contributed by atoms with van der Waals surface area (Å²) >= 11 is 0. The van der Waals surface area contributed by atoms with Crippen molar-refractivity contribution in [2.45, 2.75) is 75.7 Å². The van der Waals surface area contributed by atoms with Crippen molar-refractivity contribution in [2.75, 3.05) is 7.11 Å². The van der Waals surface area contributed by atoms with Crippen LogP contribution in [0.2, 0.25) is 19.6 Å². The number of hydrogen-bond donors (Lipinski definition) is 2. The zero-order valence-corrected chi connectivity index (χ0v) is 21.5. The van der Waals surface area contributed by atoms with Gasteiger partial charge in [-0.05, 0) is 38.5 Å². The van der Waals surface area contributed by atoms with E-state index in [4.69, 9.17) is 18.6 Å². The van der Waals surface area contributed by atoms with Crippen molar-refractivity contribution in [1.29, 1.82) is 0 Å². The number of Topliss-reactive ketones (excluding diaryl/α,β-unsaturated/α-hetero) is 1. The summed E-state index contributed by atoms with van der Waals surface area (Å²) in [5, 5.41) is 14.2. The molecule has 8 nitrogen and oxygen atoms in total. The van der Waals surface area contributed by atoms with Gasteiger partial charge in [-0.3, -0.25) is 9.59 Å². The summed E-state index contributed by atoms with van der Waals surface area (Å²) in [6, 6.07) is 8.82. The van der Waals surface area contributed by atoms with Crippen LogP contribution in [0.5, 0.6) is 0 Å². The van der Waals surface area contributed by atoms with Gasteiger partial charge >= 0.3 is 0 Å². The lowest BCUT2D eigenvalue weighted by atomic mass is 9.84. The number of rotatable bonds is 8. The van der Waals surface area contributed by atoms with Gasteiger partial charge in [0.25, 0.3) is 11.5 Å². The van der Waals surface area contributed by atoms with Crippen LogP contribution in [0.15, 0.2) is 53.8 Å². The molecule has 0 saturated carbocycles. The topological polar surface area (TPSA) is 107 Å². The van der Waals surface area contributed by atoms with Crippen molar-refractivity contribution in [3.05, 3.63) is 59.4 Å². The number of allylic oxidation sites excluding steroid dienone is 1. The molecule has 2 saturated heterocycles. The van der Waals surface area contributed by atoms with Crippen LogP contribution in [0.1, 0.15) is 31.9 Å². The van der Waals surface area contributed by atoms with E-state index in [0.29, 0.717) is 16.9 Å². The fourth-order valence-corrected chi connectivity index (χ4v) is 5.73. The van der Waals surface area contributed by atoms with E-state index < -0.39 is 49.6 Å². The van der Waals surface area contributed by atoms with Crippen molar-refractivity contribution in [3.63, 3.8) is 0 Å². The van der Waals surface area contributed by atoms with E-state index in [0.717, 1.165) is 6.42 Å². The van der Waals surface area contributed by atoms with Crippen LogP contribution in [-0.2, 0) is 28.2 Å². The Morgan fingerprint density at radius 3 is 2.50 bits per heavy atom. The number of epoxide rings is 1. The third-order valence-corrected chi connectivity index (χ3v) is 7.34. The Kier molecular flexibility index (Phi) is 6.37. The van der Waals surface area contributed by atoms with E-state index in [1.165, 1.54) is 7.11 Å². The molecule has 1 unspecified atom stereocenters. The Labute approximate surface area is 201 Å². The third-order valence-electron chi connectivity index (χ3n) is 6.40. The number of carbonyl (C=O) groups excluding carboxylic acids is 2. The van der Waals surface area contributed by atoms with Gasteiger partial charge in [0.2, 0.25) is 11.5 Å². The zero-order chi connectivity index (χ0) is 24.9. The quantitative estimate of drug-likeness (QED) is 0.251. The number of nitrogens with one attached hydrogen (secondary N) is 1. The monoisotopic (exact) mass is 487 g/mol. The Hall–Kier alpha value is -2.30. The maximum absolute atomic E-state index is 13.7. The predicted molar refractivity (Wildman–Crippen MR) is 127 cm³/mol. The van der Waals surface area contributed by atoms with Gasteiger partial charge in [0, 0.05) is 12.7 Å². The van der Waals surface area contributed by atoms with E-state index in [1.807, 2.05) is 44.8 Å². The molecule has 184 valence electrons. The first-order chi connectivity index (χ1) is 16.0. The van der Waals surface area contributed by atoms with Gasteiger partial charge in [-0.25, -0.2) is 0 Å². The number of aliphatic hydroxyl groups excluding tert-OH is 1. The van der Waals surface area contributed by atoms with E-state index in [2.05, 4.69) is 5.32 Å². The van der Waals surface area contributed by atoms with Gasteiger partial charge in [-0.2, -0.15) is 0 Å². The first-order valence-corrected chi connectivity index (χ1v) is 15.0. The van der Waals surface area contributed by atoms with Crippen LogP contribution in [0, 0.1) is 0 Å². The molecule has 1 aromatic carbocycles. The molecular formula is C25H33NO7Si. The molecule has 0 bridgehead atoms. The number of carbonyl (C=O) groups is 2. The molecule has 34 heavy (non-hydrogen) atoms. The maximum atomic E-state index is 13.7. The van der Waals surface area contributed by atoms with Crippen LogP contribution in [0.4, 0.5) is 0 Å². The number of benzene rings is 1. The van der Waals surface area contributed by atoms with Crippen LogP contribution in [-0.4, -0.2) is 61.9 Å². The first-order valence-electron chi connectivity index (χ1n) is 11.6. The number of methoxy groups -OCH3 is 1. The molecule has 1 spiro atoms. The molecular weight excluding hydrogens is 454 g/mol. The third kappa shape index (κ3) is 3.85. The molecule has 4 rings (SSSR count). The van der Waals surface area contributed by atoms with Gasteiger partial charge in [-0.1, -0.05) is 49.4 Å². The average Bonchev–Trinajstić information content (AvgIpc) is 3.47. The Balaban J connectivity index is 1.77. The molecule has 2 fully saturated rings. The molecule has 0 aliphatic carbocycles. The summed E-state index contributed by atoms with van der Waals surface area (Å²) in [5.74, 6) is -0.874. The molecule has 0 aromatic heterocycles. The standard InChI is InChI=1S/C25H33NO7Si/c1-7-8-14-17-19(31-17)18-15(2)20(27)24(32-18)22(33-34(4,5)6)25(30-3,26-23(24)29)21(28)16-12-10-9-11-13-16/h8-14,17,19,21-22,28H,7H2,1-6H3,(H,26,29)/b14-8-/t17-,19-,21?,22-,24-,25-/m1/s1. The lowest BCUT2D eigenvalue weighted by molar-refractivity contribution is -0.191. The SMILES string of the molecule is CC/C=C\[C@H]1O[C@H]1C1=C(C)C(=O)[C@]2(O1)C(=O)N[C@@](OC)(C(O)c1ccccc1)[C@@H]2O[Si](C)(C)C. The molecule has 0 radical (unpaired) electrons. The van der Waals surface area contributed by atoms with Crippen molar-refractivity contribution >= 4 is 20.0 Å². The highest BCUT2D eigenvalue weighted by atomic mass is 28.4. The summed E-state index contributed by atoms with van der Waals surface area (Å²) < 4.78 is 24.3. The molecule has 1 aromatic rings. The normalized spacial score (nSPS) is 34.1. The Morgan fingerprint density at radius 1 is 1.24 bits per heavy atom. The van der Waals surface area contributed by atoms with Crippen LogP contribution < -0.4 is 5.32 Å². The Morgan fingerprint density at radius 2 is 1.91 bits per heavy atom. The lowest BCUT2D eigenvalue weighted by Crippen LogP contribution is -2.63. The van der Waals surface area contributed by atoms with E-state index in [1.54, 1.807) is 31.2 Å². The Bertz CT molecular complexity index is 1030. The molecule has 3 aliphatic rings. The number of aliphatic hydroxyl groups is 1. The second-order valence-electron chi connectivity index (χ2n) is 9.89. The second-order valence-corrected chi connectivity index (χ2v) is 14.3. The number of ketones is 1. The highest BCUT2D eigenvalue weighted by Crippen LogP contribution is 2.51. The van der Waals surface area contributed by atoms with Gasteiger partial charge < -0.3 is 29.1 Å².